The fourth-order valence-electron chi connectivity index (χ4n) is 5.63. The Balaban J connectivity index is 1.28. The van der Waals surface area contributed by atoms with Gasteiger partial charge in [0, 0.05) is 24.8 Å². The molecule has 0 aliphatic carbocycles. The van der Waals surface area contributed by atoms with Gasteiger partial charge in [-0.3, -0.25) is 14.9 Å². The lowest BCUT2D eigenvalue weighted by Crippen LogP contribution is -2.30. The summed E-state index contributed by atoms with van der Waals surface area (Å²) in [6.07, 6.45) is 0. The maximum absolute atomic E-state index is 14.1. The molecule has 47 heavy (non-hydrogen) atoms. The van der Waals surface area contributed by atoms with E-state index in [9.17, 15) is 23.3 Å². The van der Waals surface area contributed by atoms with Crippen molar-refractivity contribution in [3.05, 3.63) is 184 Å². The second-order valence-electron chi connectivity index (χ2n) is 11.1. The zero-order chi connectivity index (χ0) is 32.8. The SMILES string of the molecule is O=C(Nc1ccc(CN(Cc2ccc3ccccc3c2)S(=O)(=O)c2ccccc2[N+](=O)[O-])cc1)C(c1ccccc1)c1ccccc1. The number of carbonyl (C=O) groups is 1. The number of rotatable bonds is 11. The standard InChI is InChI=1S/C38H31N3O5S/c42-38(37(31-12-3-1-4-13-31)32-14-5-2-6-15-32)39-34-23-20-28(21-24-34)26-40(27-29-19-22-30-11-7-8-16-33(30)25-29)47(45,46)36-18-10-9-17-35(36)41(43)44/h1-25,37H,26-27H2,(H,39,42). The molecule has 234 valence electrons. The summed E-state index contributed by atoms with van der Waals surface area (Å²) in [5.41, 5.74) is 3.17. The number of para-hydroxylation sites is 1. The minimum Gasteiger partial charge on any atom is -0.325 e. The summed E-state index contributed by atoms with van der Waals surface area (Å²) in [6.45, 7) is -0.0559. The van der Waals surface area contributed by atoms with E-state index in [0.29, 0.717) is 11.3 Å². The third-order valence-electron chi connectivity index (χ3n) is 7.96. The fourth-order valence-corrected chi connectivity index (χ4v) is 7.20. The Morgan fingerprint density at radius 2 is 1.19 bits per heavy atom. The molecule has 0 heterocycles. The quantitative estimate of drug-likeness (QED) is 0.114. The average molecular weight is 642 g/mol. The van der Waals surface area contributed by atoms with Crippen molar-refractivity contribution in [1.82, 2.24) is 4.31 Å². The molecule has 0 spiro atoms. The normalized spacial score (nSPS) is 11.5. The molecule has 0 fully saturated rings. The first-order chi connectivity index (χ1) is 22.8. The molecule has 0 saturated heterocycles. The first kappa shape index (κ1) is 31.3. The Morgan fingerprint density at radius 3 is 1.83 bits per heavy atom. The van der Waals surface area contributed by atoms with Gasteiger partial charge < -0.3 is 5.32 Å². The maximum Gasteiger partial charge on any atom is 0.289 e. The Labute approximate surface area is 273 Å². The first-order valence-corrected chi connectivity index (χ1v) is 16.4. The molecule has 0 unspecified atom stereocenters. The average Bonchev–Trinajstić information content (AvgIpc) is 3.10. The Hall–Kier alpha value is -5.64. The monoisotopic (exact) mass is 641 g/mol. The third-order valence-corrected chi connectivity index (χ3v) is 9.80. The van der Waals surface area contributed by atoms with Gasteiger partial charge in [0.25, 0.3) is 15.7 Å². The molecule has 1 N–H and O–H groups in total. The van der Waals surface area contributed by atoms with Gasteiger partial charge in [0.2, 0.25) is 5.91 Å². The highest BCUT2D eigenvalue weighted by Gasteiger charge is 2.32. The number of amides is 1. The highest BCUT2D eigenvalue weighted by Crippen LogP contribution is 2.30. The zero-order valence-corrected chi connectivity index (χ0v) is 26.1. The molecule has 6 aromatic carbocycles. The van der Waals surface area contributed by atoms with Gasteiger partial charge in [-0.15, -0.1) is 0 Å². The molecular formula is C38H31N3O5S. The van der Waals surface area contributed by atoms with Crippen LogP contribution in [-0.4, -0.2) is 23.6 Å². The summed E-state index contributed by atoms with van der Waals surface area (Å²) < 4.78 is 29.3. The van der Waals surface area contributed by atoms with Crippen LogP contribution in [0.1, 0.15) is 28.2 Å². The summed E-state index contributed by atoms with van der Waals surface area (Å²) in [7, 11) is -4.31. The largest absolute Gasteiger partial charge is 0.325 e. The van der Waals surface area contributed by atoms with Crippen LogP contribution in [0.4, 0.5) is 11.4 Å². The van der Waals surface area contributed by atoms with E-state index >= 15 is 0 Å². The lowest BCUT2D eigenvalue weighted by molar-refractivity contribution is -0.387. The van der Waals surface area contributed by atoms with Crippen molar-refractivity contribution in [1.29, 1.82) is 0 Å². The van der Waals surface area contributed by atoms with E-state index in [1.165, 1.54) is 28.6 Å². The van der Waals surface area contributed by atoms with Crippen molar-refractivity contribution in [2.45, 2.75) is 23.9 Å². The number of nitro groups is 1. The Kier molecular flexibility index (Phi) is 9.19. The molecule has 8 nitrogen and oxygen atoms in total. The van der Waals surface area contributed by atoms with Gasteiger partial charge in [0.15, 0.2) is 4.90 Å². The molecule has 0 atom stereocenters. The maximum atomic E-state index is 14.1. The third kappa shape index (κ3) is 7.12. The van der Waals surface area contributed by atoms with Gasteiger partial charge >= 0.3 is 0 Å². The predicted molar refractivity (Wildman–Crippen MR) is 183 cm³/mol. The van der Waals surface area contributed by atoms with Crippen LogP contribution in [-0.2, 0) is 27.9 Å². The summed E-state index contributed by atoms with van der Waals surface area (Å²) in [6, 6.07) is 44.9. The van der Waals surface area contributed by atoms with Gasteiger partial charge in [-0.1, -0.05) is 121 Å². The second-order valence-corrected chi connectivity index (χ2v) is 13.0. The van der Waals surface area contributed by atoms with Gasteiger partial charge in [0.05, 0.1) is 10.8 Å². The van der Waals surface area contributed by atoms with Crippen molar-refractivity contribution in [3.8, 4) is 0 Å². The van der Waals surface area contributed by atoms with E-state index in [1.54, 1.807) is 24.3 Å². The first-order valence-electron chi connectivity index (χ1n) is 15.0. The minimum absolute atomic E-state index is 0.00641. The molecule has 0 aromatic heterocycles. The van der Waals surface area contributed by atoms with Crippen molar-refractivity contribution >= 4 is 38.1 Å². The van der Waals surface area contributed by atoms with Gasteiger partial charge in [0.1, 0.15) is 0 Å². The number of fused-ring (bicyclic) bond motifs is 1. The van der Waals surface area contributed by atoms with E-state index in [0.717, 1.165) is 27.5 Å². The number of benzene rings is 6. The number of hydrogen-bond donors (Lipinski definition) is 1. The molecule has 0 saturated carbocycles. The van der Waals surface area contributed by atoms with Crippen molar-refractivity contribution in [2.24, 2.45) is 0 Å². The summed E-state index contributed by atoms with van der Waals surface area (Å²) >= 11 is 0. The molecule has 0 radical (unpaired) electrons. The smallest absolute Gasteiger partial charge is 0.289 e. The van der Waals surface area contributed by atoms with Crippen LogP contribution in [0.2, 0.25) is 0 Å². The van der Waals surface area contributed by atoms with Gasteiger partial charge in [-0.05, 0) is 57.3 Å². The zero-order valence-electron chi connectivity index (χ0n) is 25.3. The van der Waals surface area contributed by atoms with Crippen molar-refractivity contribution in [3.63, 3.8) is 0 Å². The number of carbonyl (C=O) groups excluding carboxylic acids is 1. The highest BCUT2D eigenvalue weighted by molar-refractivity contribution is 7.89. The molecule has 9 heteroatoms. The van der Waals surface area contributed by atoms with E-state index < -0.39 is 26.6 Å². The Morgan fingerprint density at radius 1 is 0.660 bits per heavy atom. The van der Waals surface area contributed by atoms with Crippen LogP contribution >= 0.6 is 0 Å². The van der Waals surface area contributed by atoms with E-state index in [1.807, 2.05) is 103 Å². The summed E-state index contributed by atoms with van der Waals surface area (Å²) in [5.74, 6) is -0.728. The minimum atomic E-state index is -4.31. The number of hydrogen-bond acceptors (Lipinski definition) is 5. The van der Waals surface area contributed by atoms with Crippen molar-refractivity contribution < 1.29 is 18.1 Å². The molecule has 1 amide bonds. The van der Waals surface area contributed by atoms with Crippen LogP contribution < -0.4 is 5.32 Å². The van der Waals surface area contributed by atoms with Gasteiger partial charge in [-0.25, -0.2) is 8.42 Å². The lowest BCUT2D eigenvalue weighted by Gasteiger charge is -2.23. The second kappa shape index (κ2) is 13.8. The molecule has 0 aliphatic rings. The van der Waals surface area contributed by atoms with Crippen molar-refractivity contribution in [2.75, 3.05) is 5.32 Å². The van der Waals surface area contributed by atoms with Gasteiger partial charge in [-0.2, -0.15) is 4.31 Å². The van der Waals surface area contributed by atoms with Crippen LogP contribution in [0.25, 0.3) is 10.8 Å². The van der Waals surface area contributed by atoms with E-state index in [-0.39, 0.29) is 23.9 Å². The topological polar surface area (TPSA) is 110 Å². The van der Waals surface area contributed by atoms with Crippen LogP contribution in [0, 0.1) is 10.1 Å². The molecule has 6 aromatic rings. The predicted octanol–water partition coefficient (Wildman–Crippen LogP) is 7.91. The number of nitrogens with one attached hydrogen (secondary N) is 1. The highest BCUT2D eigenvalue weighted by atomic mass is 32.2. The number of sulfonamides is 1. The molecular weight excluding hydrogens is 611 g/mol. The van der Waals surface area contributed by atoms with E-state index in [4.69, 9.17) is 0 Å². The lowest BCUT2D eigenvalue weighted by atomic mass is 9.90. The number of nitro benzene ring substituents is 1. The van der Waals surface area contributed by atoms with Crippen LogP contribution in [0.3, 0.4) is 0 Å². The van der Waals surface area contributed by atoms with Crippen LogP contribution in [0.5, 0.6) is 0 Å². The fraction of sp³-hybridized carbons (Fsp3) is 0.0789. The van der Waals surface area contributed by atoms with E-state index in [2.05, 4.69) is 5.32 Å². The number of anilines is 1. The summed E-state index contributed by atoms with van der Waals surface area (Å²) in [4.78, 5) is 24.3. The Bertz CT molecular complexity index is 2100. The summed E-state index contributed by atoms with van der Waals surface area (Å²) in [5, 5.41) is 16.8. The van der Waals surface area contributed by atoms with Crippen LogP contribution in [0.15, 0.2) is 157 Å². The molecule has 6 rings (SSSR count). The number of nitrogens with zero attached hydrogens (tertiary/aromatic N) is 2. The molecule has 0 bridgehead atoms. The molecule has 0 aliphatic heterocycles.